The van der Waals surface area contributed by atoms with Crippen LogP contribution in [0, 0.1) is 0 Å². The number of hydrogen-bond acceptors (Lipinski definition) is 4. The SMILES string of the molecule is Nc1[nH]ncc1CNS(=O)(=O)c1ccccc1Br. The third-order valence-electron chi connectivity index (χ3n) is 2.33. The fourth-order valence-electron chi connectivity index (χ4n) is 1.38. The van der Waals surface area contributed by atoms with Gasteiger partial charge in [-0.1, -0.05) is 12.1 Å². The van der Waals surface area contributed by atoms with Gasteiger partial charge in [0, 0.05) is 16.6 Å². The van der Waals surface area contributed by atoms with Crippen LogP contribution in [0.25, 0.3) is 0 Å². The molecule has 1 aromatic carbocycles. The molecule has 2 rings (SSSR count). The van der Waals surface area contributed by atoms with Gasteiger partial charge in [-0.2, -0.15) is 5.10 Å². The van der Waals surface area contributed by atoms with Gasteiger partial charge in [-0.05, 0) is 28.1 Å². The summed E-state index contributed by atoms with van der Waals surface area (Å²) in [6, 6.07) is 6.59. The van der Waals surface area contributed by atoms with Crippen molar-refractivity contribution in [3.05, 3.63) is 40.5 Å². The zero-order chi connectivity index (χ0) is 13.2. The Morgan fingerprint density at radius 3 is 2.72 bits per heavy atom. The van der Waals surface area contributed by atoms with Crippen LogP contribution in [0.5, 0.6) is 0 Å². The van der Waals surface area contributed by atoms with Crippen LogP contribution in [0.15, 0.2) is 39.8 Å². The van der Waals surface area contributed by atoms with E-state index in [1.54, 1.807) is 18.2 Å². The van der Waals surface area contributed by atoms with E-state index < -0.39 is 10.0 Å². The topological polar surface area (TPSA) is 101 Å². The minimum atomic E-state index is -3.58. The van der Waals surface area contributed by atoms with Gasteiger partial charge < -0.3 is 5.73 Å². The molecule has 0 aliphatic rings. The van der Waals surface area contributed by atoms with Crippen molar-refractivity contribution in [2.75, 3.05) is 5.73 Å². The van der Waals surface area contributed by atoms with Crippen LogP contribution in [-0.4, -0.2) is 18.6 Å². The van der Waals surface area contributed by atoms with E-state index in [2.05, 4.69) is 30.8 Å². The minimum Gasteiger partial charge on any atom is -0.384 e. The molecule has 2 aromatic rings. The van der Waals surface area contributed by atoms with Gasteiger partial charge in [0.25, 0.3) is 0 Å². The highest BCUT2D eigenvalue weighted by Crippen LogP contribution is 2.21. The van der Waals surface area contributed by atoms with Crippen LogP contribution in [0.2, 0.25) is 0 Å². The number of aromatic amines is 1. The number of nitrogens with one attached hydrogen (secondary N) is 2. The second kappa shape index (κ2) is 5.09. The summed E-state index contributed by atoms with van der Waals surface area (Å²) in [7, 11) is -3.58. The van der Waals surface area contributed by atoms with Gasteiger partial charge >= 0.3 is 0 Å². The average Bonchev–Trinajstić information content (AvgIpc) is 2.73. The predicted molar refractivity (Wildman–Crippen MR) is 71.2 cm³/mol. The number of rotatable bonds is 4. The first-order chi connectivity index (χ1) is 8.50. The molecule has 0 amide bonds. The second-order valence-corrected chi connectivity index (χ2v) is 6.15. The van der Waals surface area contributed by atoms with Crippen LogP contribution < -0.4 is 10.5 Å². The van der Waals surface area contributed by atoms with Gasteiger partial charge in [0.1, 0.15) is 5.82 Å². The molecular formula is C10H11BrN4O2S. The molecular weight excluding hydrogens is 320 g/mol. The number of sulfonamides is 1. The first-order valence-electron chi connectivity index (χ1n) is 5.02. The number of nitrogens with zero attached hydrogens (tertiary/aromatic N) is 1. The van der Waals surface area contributed by atoms with E-state index in [0.29, 0.717) is 15.9 Å². The molecule has 1 aromatic heterocycles. The van der Waals surface area contributed by atoms with Crippen molar-refractivity contribution in [1.82, 2.24) is 14.9 Å². The van der Waals surface area contributed by atoms with E-state index in [4.69, 9.17) is 5.73 Å². The Morgan fingerprint density at radius 1 is 1.39 bits per heavy atom. The molecule has 0 atom stereocenters. The van der Waals surface area contributed by atoms with E-state index in [1.165, 1.54) is 12.3 Å². The normalized spacial score (nSPS) is 11.6. The van der Waals surface area contributed by atoms with Gasteiger partial charge in [0.2, 0.25) is 10.0 Å². The first-order valence-corrected chi connectivity index (χ1v) is 7.30. The van der Waals surface area contributed by atoms with Crippen molar-refractivity contribution in [3.63, 3.8) is 0 Å². The summed E-state index contributed by atoms with van der Waals surface area (Å²) in [5.41, 5.74) is 6.18. The number of anilines is 1. The van der Waals surface area contributed by atoms with Crippen molar-refractivity contribution >= 4 is 31.8 Å². The van der Waals surface area contributed by atoms with E-state index >= 15 is 0 Å². The fraction of sp³-hybridized carbons (Fsp3) is 0.100. The minimum absolute atomic E-state index is 0.0893. The maximum Gasteiger partial charge on any atom is 0.241 e. The first kappa shape index (κ1) is 13.1. The molecule has 0 aliphatic carbocycles. The van der Waals surface area contributed by atoms with Crippen LogP contribution in [0.4, 0.5) is 5.82 Å². The standard InChI is InChI=1S/C10H11BrN4O2S/c11-8-3-1-2-4-9(8)18(16,17)14-6-7-5-13-15-10(7)12/h1-5,14H,6H2,(H3,12,13,15). The summed E-state index contributed by atoms with van der Waals surface area (Å²) >= 11 is 3.20. The lowest BCUT2D eigenvalue weighted by atomic mass is 10.3. The molecule has 0 saturated carbocycles. The lowest BCUT2D eigenvalue weighted by molar-refractivity contribution is 0.581. The van der Waals surface area contributed by atoms with Crippen molar-refractivity contribution in [1.29, 1.82) is 0 Å². The molecule has 0 bridgehead atoms. The van der Waals surface area contributed by atoms with E-state index in [-0.39, 0.29) is 11.4 Å². The molecule has 0 fully saturated rings. The highest BCUT2D eigenvalue weighted by molar-refractivity contribution is 9.10. The lowest BCUT2D eigenvalue weighted by Crippen LogP contribution is -2.23. The molecule has 4 N–H and O–H groups in total. The Bertz CT molecular complexity index is 653. The van der Waals surface area contributed by atoms with Gasteiger partial charge in [0.15, 0.2) is 0 Å². The Hall–Kier alpha value is -1.38. The van der Waals surface area contributed by atoms with Gasteiger partial charge in [-0.25, -0.2) is 13.1 Å². The molecule has 8 heteroatoms. The Morgan fingerprint density at radius 2 is 2.11 bits per heavy atom. The Labute approximate surface area is 113 Å². The third kappa shape index (κ3) is 2.71. The van der Waals surface area contributed by atoms with Crippen molar-refractivity contribution in [2.24, 2.45) is 0 Å². The lowest BCUT2D eigenvalue weighted by Gasteiger charge is -2.07. The fourth-order valence-corrected chi connectivity index (χ4v) is 3.38. The van der Waals surface area contributed by atoms with Gasteiger partial charge in [-0.15, -0.1) is 0 Å². The zero-order valence-electron chi connectivity index (χ0n) is 9.22. The van der Waals surface area contributed by atoms with Crippen LogP contribution in [-0.2, 0) is 16.6 Å². The van der Waals surface area contributed by atoms with Crippen LogP contribution in [0.1, 0.15) is 5.56 Å². The zero-order valence-corrected chi connectivity index (χ0v) is 11.6. The molecule has 6 nitrogen and oxygen atoms in total. The van der Waals surface area contributed by atoms with E-state index in [9.17, 15) is 8.42 Å². The number of hydrogen-bond donors (Lipinski definition) is 3. The van der Waals surface area contributed by atoms with Crippen LogP contribution >= 0.6 is 15.9 Å². The summed E-state index contributed by atoms with van der Waals surface area (Å²) in [5, 5.41) is 6.26. The Kier molecular flexibility index (Phi) is 3.69. The third-order valence-corrected chi connectivity index (χ3v) is 4.74. The molecule has 0 aliphatic heterocycles. The molecule has 0 radical (unpaired) electrons. The van der Waals surface area contributed by atoms with Crippen LogP contribution in [0.3, 0.4) is 0 Å². The monoisotopic (exact) mass is 330 g/mol. The van der Waals surface area contributed by atoms with Gasteiger partial charge in [0.05, 0.1) is 11.1 Å². The second-order valence-electron chi connectivity index (χ2n) is 3.56. The number of nitrogens with two attached hydrogens (primary N) is 1. The van der Waals surface area contributed by atoms with Gasteiger partial charge in [-0.3, -0.25) is 5.10 Å². The summed E-state index contributed by atoms with van der Waals surface area (Å²) < 4.78 is 27.1. The predicted octanol–water partition coefficient (Wildman–Crippen LogP) is 1.23. The molecule has 1 heterocycles. The smallest absolute Gasteiger partial charge is 0.241 e. The van der Waals surface area contributed by atoms with E-state index in [0.717, 1.165) is 0 Å². The molecule has 18 heavy (non-hydrogen) atoms. The Balaban J connectivity index is 2.19. The highest BCUT2D eigenvalue weighted by Gasteiger charge is 2.17. The molecule has 0 saturated heterocycles. The number of benzene rings is 1. The van der Waals surface area contributed by atoms with Crippen molar-refractivity contribution < 1.29 is 8.42 Å². The maximum absolute atomic E-state index is 12.0. The number of nitrogen functional groups attached to an aromatic ring is 1. The summed E-state index contributed by atoms with van der Waals surface area (Å²) in [5.74, 6) is 0.352. The maximum atomic E-state index is 12.0. The largest absolute Gasteiger partial charge is 0.384 e. The molecule has 0 unspecified atom stereocenters. The number of H-pyrrole nitrogens is 1. The average molecular weight is 331 g/mol. The summed E-state index contributed by atoms with van der Waals surface area (Å²) in [6.45, 7) is 0.0893. The van der Waals surface area contributed by atoms with Crippen molar-refractivity contribution in [2.45, 2.75) is 11.4 Å². The summed E-state index contributed by atoms with van der Waals surface area (Å²) in [4.78, 5) is 0.187. The number of halogens is 1. The molecule has 96 valence electrons. The van der Waals surface area contributed by atoms with E-state index in [1.807, 2.05) is 0 Å². The molecule has 0 spiro atoms. The highest BCUT2D eigenvalue weighted by atomic mass is 79.9. The quantitative estimate of drug-likeness (QED) is 0.784. The van der Waals surface area contributed by atoms with Crippen molar-refractivity contribution in [3.8, 4) is 0 Å². The number of aromatic nitrogens is 2. The summed E-state index contributed by atoms with van der Waals surface area (Å²) in [6.07, 6.45) is 1.48.